The molecule has 0 spiro atoms. The minimum absolute atomic E-state index is 0.106. The number of benzene rings is 2. The van der Waals surface area contributed by atoms with Crippen molar-refractivity contribution in [2.45, 2.75) is 19.6 Å². The van der Waals surface area contributed by atoms with Gasteiger partial charge in [0.1, 0.15) is 0 Å². The van der Waals surface area contributed by atoms with E-state index in [9.17, 15) is 9.90 Å². The number of β-amino-alcohol motifs (C(OH)–C–C–N with tert-alkyl or cyclic N) is 1. The summed E-state index contributed by atoms with van der Waals surface area (Å²) in [5.74, 6) is -0.106. The van der Waals surface area contributed by atoms with Crippen LogP contribution in [0.4, 0.5) is 5.69 Å². The third-order valence-corrected chi connectivity index (χ3v) is 7.92. The number of hydrogen-bond donors (Lipinski definition) is 4. The number of rotatable bonds is 9. The van der Waals surface area contributed by atoms with E-state index in [-0.39, 0.29) is 12.5 Å². The minimum atomic E-state index is -0.695. The lowest BCUT2D eigenvalue weighted by Crippen LogP contribution is -2.48. The number of fused-ring (bicyclic) bond motifs is 1. The Morgan fingerprint density at radius 3 is 2.68 bits per heavy atom. The number of thiophene rings is 1. The Balaban J connectivity index is 1.35. The number of nitrogens with one attached hydrogen (secondary N) is 2. The van der Waals surface area contributed by atoms with Crippen molar-refractivity contribution in [3.63, 3.8) is 0 Å². The van der Waals surface area contributed by atoms with Crippen molar-refractivity contribution in [2.75, 3.05) is 44.6 Å². The van der Waals surface area contributed by atoms with E-state index in [4.69, 9.17) is 5.11 Å². The van der Waals surface area contributed by atoms with Crippen LogP contribution in [0.5, 0.6) is 0 Å². The number of carbonyl (C=O) groups excluding carboxylic acids is 1. The Morgan fingerprint density at radius 1 is 1.13 bits per heavy atom. The zero-order valence-corrected chi connectivity index (χ0v) is 22.2. The van der Waals surface area contributed by atoms with Gasteiger partial charge in [-0.25, -0.2) is 0 Å². The highest BCUT2D eigenvalue weighted by molar-refractivity contribution is 7.12. The first kappa shape index (κ1) is 26.3. The standard InChI is InChI=1S/C29H33N5O3S/c1-20-10-15-38-28(20)29(37)30-27-16-21(17-33-11-13-34(14-12-33)18-23(36)19-35)6-7-22(27)8-9-26-24-4-2-3-5-25(24)31-32-26/h2-10,15-16,23,35-36H,11-14,17-19H2,1H3,(H,30,37)(H,31,32). The van der Waals surface area contributed by atoms with Gasteiger partial charge in [0.15, 0.2) is 0 Å². The van der Waals surface area contributed by atoms with Crippen molar-refractivity contribution in [1.82, 2.24) is 20.0 Å². The molecule has 2 aromatic carbocycles. The third kappa shape index (κ3) is 6.20. The molecule has 1 fully saturated rings. The monoisotopic (exact) mass is 531 g/mol. The molecule has 38 heavy (non-hydrogen) atoms. The molecule has 2 aromatic heterocycles. The number of aliphatic hydroxyl groups is 2. The maximum atomic E-state index is 13.1. The largest absolute Gasteiger partial charge is 0.394 e. The molecule has 5 rings (SSSR count). The van der Waals surface area contributed by atoms with Crippen LogP contribution >= 0.6 is 11.3 Å². The fourth-order valence-electron chi connectivity index (χ4n) is 4.76. The van der Waals surface area contributed by atoms with Gasteiger partial charge >= 0.3 is 0 Å². The molecule has 0 saturated carbocycles. The molecule has 1 aliphatic rings. The maximum Gasteiger partial charge on any atom is 0.266 e. The molecule has 1 amide bonds. The van der Waals surface area contributed by atoms with Crippen LogP contribution in [0.25, 0.3) is 23.1 Å². The third-order valence-electron chi connectivity index (χ3n) is 6.91. The SMILES string of the molecule is Cc1ccsc1C(=O)Nc1cc(CN2CCN(CC(O)CO)CC2)ccc1C=Cc1n[nH]c2ccccc12. The molecule has 3 heterocycles. The number of carbonyl (C=O) groups is 1. The first-order valence-electron chi connectivity index (χ1n) is 12.8. The van der Waals surface area contributed by atoms with Crippen LogP contribution in [-0.4, -0.2) is 81.6 Å². The number of hydrogen-bond acceptors (Lipinski definition) is 7. The Hall–Kier alpha value is -3.34. The molecule has 1 atom stereocenters. The number of anilines is 1. The van der Waals surface area contributed by atoms with Crippen molar-refractivity contribution in [3.05, 3.63) is 81.2 Å². The summed E-state index contributed by atoms with van der Waals surface area (Å²) in [5.41, 5.74) is 5.59. The Morgan fingerprint density at radius 2 is 1.92 bits per heavy atom. The van der Waals surface area contributed by atoms with E-state index >= 15 is 0 Å². The topological polar surface area (TPSA) is 105 Å². The van der Waals surface area contributed by atoms with Crippen molar-refractivity contribution in [3.8, 4) is 0 Å². The van der Waals surface area contributed by atoms with E-state index in [1.54, 1.807) is 0 Å². The molecule has 1 aliphatic heterocycles. The molecule has 4 N–H and O–H groups in total. The highest BCUT2D eigenvalue weighted by atomic mass is 32.1. The van der Waals surface area contributed by atoms with Gasteiger partial charge in [-0.05, 0) is 53.3 Å². The van der Waals surface area contributed by atoms with E-state index in [0.717, 1.165) is 71.7 Å². The van der Waals surface area contributed by atoms with E-state index in [1.165, 1.54) is 11.3 Å². The average molecular weight is 532 g/mol. The van der Waals surface area contributed by atoms with Crippen molar-refractivity contribution >= 4 is 46.0 Å². The Bertz CT molecular complexity index is 1420. The highest BCUT2D eigenvalue weighted by Gasteiger charge is 2.20. The predicted octanol–water partition coefficient (Wildman–Crippen LogP) is 3.83. The van der Waals surface area contributed by atoms with E-state index in [0.29, 0.717) is 11.4 Å². The average Bonchev–Trinajstić information content (AvgIpc) is 3.55. The minimum Gasteiger partial charge on any atom is -0.394 e. The van der Waals surface area contributed by atoms with Gasteiger partial charge in [0.05, 0.1) is 28.8 Å². The summed E-state index contributed by atoms with van der Waals surface area (Å²) in [5, 5.41) is 32.5. The summed E-state index contributed by atoms with van der Waals surface area (Å²) in [4.78, 5) is 18.4. The second-order valence-corrected chi connectivity index (χ2v) is 10.6. The van der Waals surface area contributed by atoms with Crippen LogP contribution in [0.15, 0.2) is 53.9 Å². The predicted molar refractivity (Wildman–Crippen MR) is 153 cm³/mol. The summed E-state index contributed by atoms with van der Waals surface area (Å²) in [7, 11) is 0. The van der Waals surface area contributed by atoms with Gasteiger partial charge in [-0.3, -0.25) is 19.7 Å². The van der Waals surface area contributed by atoms with Crippen LogP contribution in [0, 0.1) is 6.92 Å². The fourth-order valence-corrected chi connectivity index (χ4v) is 5.58. The molecule has 9 heteroatoms. The van der Waals surface area contributed by atoms with Gasteiger partial charge in [-0.2, -0.15) is 5.10 Å². The number of aromatic amines is 1. The summed E-state index contributed by atoms with van der Waals surface area (Å²) < 4.78 is 0. The lowest BCUT2D eigenvalue weighted by atomic mass is 10.1. The Kier molecular flexibility index (Phi) is 8.31. The molecule has 198 valence electrons. The lowest BCUT2D eigenvalue weighted by molar-refractivity contribution is 0.0383. The fraction of sp³-hybridized carbons (Fsp3) is 0.310. The number of aliphatic hydroxyl groups excluding tert-OH is 2. The number of aromatic nitrogens is 2. The smallest absolute Gasteiger partial charge is 0.266 e. The van der Waals surface area contributed by atoms with E-state index in [2.05, 4.69) is 37.4 Å². The molecule has 0 bridgehead atoms. The summed E-state index contributed by atoms with van der Waals surface area (Å²) in [6.45, 7) is 6.44. The zero-order chi connectivity index (χ0) is 26.5. The summed E-state index contributed by atoms with van der Waals surface area (Å²) in [6, 6.07) is 16.2. The highest BCUT2D eigenvalue weighted by Crippen LogP contribution is 2.25. The van der Waals surface area contributed by atoms with E-state index in [1.807, 2.05) is 60.9 Å². The molecule has 0 aliphatic carbocycles. The van der Waals surface area contributed by atoms with Gasteiger partial charge in [-0.15, -0.1) is 11.3 Å². The van der Waals surface area contributed by atoms with Crippen LogP contribution in [0.3, 0.4) is 0 Å². The normalized spacial score (nSPS) is 15.9. The summed E-state index contributed by atoms with van der Waals surface area (Å²) in [6.07, 6.45) is 3.27. The maximum absolute atomic E-state index is 13.1. The molecular formula is C29H33N5O3S. The molecule has 4 aromatic rings. The number of piperazine rings is 1. The van der Waals surface area contributed by atoms with Gasteiger partial charge in [0.2, 0.25) is 0 Å². The number of amides is 1. The number of H-pyrrole nitrogens is 1. The van der Waals surface area contributed by atoms with Gasteiger partial charge < -0.3 is 15.5 Å². The number of aryl methyl sites for hydroxylation is 1. The number of nitrogens with zero attached hydrogens (tertiary/aromatic N) is 3. The van der Waals surface area contributed by atoms with Crippen LogP contribution in [0.2, 0.25) is 0 Å². The summed E-state index contributed by atoms with van der Waals surface area (Å²) >= 11 is 1.44. The van der Waals surface area contributed by atoms with E-state index < -0.39 is 6.10 Å². The zero-order valence-electron chi connectivity index (χ0n) is 21.4. The van der Waals surface area contributed by atoms with Gasteiger partial charge in [-0.1, -0.05) is 36.4 Å². The van der Waals surface area contributed by atoms with Gasteiger partial charge in [0, 0.05) is 50.3 Å². The van der Waals surface area contributed by atoms with Crippen molar-refractivity contribution in [1.29, 1.82) is 0 Å². The first-order valence-corrected chi connectivity index (χ1v) is 13.7. The quantitative estimate of drug-likeness (QED) is 0.262. The molecule has 8 nitrogen and oxygen atoms in total. The van der Waals surface area contributed by atoms with Gasteiger partial charge in [0.25, 0.3) is 5.91 Å². The molecule has 1 unspecified atom stereocenters. The first-order chi connectivity index (χ1) is 18.5. The lowest BCUT2D eigenvalue weighted by Gasteiger charge is -2.35. The molecule has 0 radical (unpaired) electrons. The second-order valence-electron chi connectivity index (χ2n) is 9.71. The Labute approximate surface area is 226 Å². The van der Waals surface area contributed by atoms with Crippen LogP contribution < -0.4 is 5.32 Å². The van der Waals surface area contributed by atoms with Crippen LogP contribution in [-0.2, 0) is 6.54 Å². The van der Waals surface area contributed by atoms with Crippen molar-refractivity contribution < 1.29 is 15.0 Å². The molecular weight excluding hydrogens is 498 g/mol. The molecule has 1 saturated heterocycles. The second kappa shape index (κ2) is 12.0. The van der Waals surface area contributed by atoms with Crippen LogP contribution in [0.1, 0.15) is 32.1 Å². The van der Waals surface area contributed by atoms with Crippen molar-refractivity contribution in [2.24, 2.45) is 0 Å². The number of para-hydroxylation sites is 1.